The topological polar surface area (TPSA) is 94.1 Å². The monoisotopic (exact) mass is 565 g/mol. The molecule has 0 aromatic heterocycles. The first-order valence-electron chi connectivity index (χ1n) is 15.3. The van der Waals surface area contributed by atoms with Crippen molar-refractivity contribution in [1.82, 2.24) is 0 Å². The number of hydrogen-bond acceptors (Lipinski definition) is 7. The molecule has 228 valence electrons. The average Bonchev–Trinajstić information content (AvgIpc) is 2.84. The number of carbonyl (C=O) groups is 1. The van der Waals surface area contributed by atoms with E-state index in [-0.39, 0.29) is 25.8 Å². The van der Waals surface area contributed by atoms with Gasteiger partial charge in [-0.05, 0) is 12.8 Å². The fraction of sp³-hybridized carbons (Fsp3) is 0.966. The van der Waals surface area contributed by atoms with E-state index in [9.17, 15) is 14.3 Å². The van der Waals surface area contributed by atoms with Crippen LogP contribution < -0.4 is 4.89 Å². The highest BCUT2D eigenvalue weighted by molar-refractivity contribution is 7.45. The summed E-state index contributed by atoms with van der Waals surface area (Å²) in [6, 6.07) is 0. The zero-order chi connectivity index (χ0) is 28.5. The van der Waals surface area contributed by atoms with Crippen molar-refractivity contribution in [3.05, 3.63) is 0 Å². The van der Waals surface area contributed by atoms with Gasteiger partial charge in [0.05, 0.1) is 34.4 Å². The minimum absolute atomic E-state index is 0.0291. The number of carbonyl (C=O) groups excluding carboxylic acids is 1. The lowest BCUT2D eigenvalue weighted by Gasteiger charge is -2.28. The SMILES string of the molecule is CCCCCCCCCCCCCCCOCC(COP(=O)([O-])OCC[N+](C)(C)C)OC(=O)CCCCC. The van der Waals surface area contributed by atoms with E-state index in [4.69, 9.17) is 18.5 Å². The number of likely N-dealkylation sites (N-methyl/N-ethyl adjacent to an activating group) is 1. The molecule has 0 N–H and O–H groups in total. The van der Waals surface area contributed by atoms with Crippen LogP contribution in [0.25, 0.3) is 0 Å². The van der Waals surface area contributed by atoms with E-state index in [1.165, 1.54) is 70.6 Å². The summed E-state index contributed by atoms with van der Waals surface area (Å²) in [6.45, 7) is 5.23. The van der Waals surface area contributed by atoms with Gasteiger partial charge in [-0.25, -0.2) is 0 Å². The smallest absolute Gasteiger partial charge is 0.306 e. The molecule has 0 saturated carbocycles. The number of phosphoric ester groups is 1. The van der Waals surface area contributed by atoms with Gasteiger partial charge in [0.25, 0.3) is 7.82 Å². The maximum atomic E-state index is 12.2. The molecule has 8 nitrogen and oxygen atoms in total. The molecule has 0 amide bonds. The van der Waals surface area contributed by atoms with Crippen LogP contribution in [-0.4, -0.2) is 70.7 Å². The average molecular weight is 566 g/mol. The number of ether oxygens (including phenoxy) is 2. The molecule has 38 heavy (non-hydrogen) atoms. The molecule has 0 spiro atoms. The Morgan fingerprint density at radius 3 is 1.74 bits per heavy atom. The standard InChI is InChI=1S/C29H60NO7P/c1-6-8-10-11-12-13-14-15-16-17-18-19-21-24-34-26-28(37-29(31)22-20-9-7-2)27-36-38(32,33)35-25-23-30(3,4)5/h28H,6-27H2,1-5H3. The Morgan fingerprint density at radius 2 is 1.21 bits per heavy atom. The third-order valence-electron chi connectivity index (χ3n) is 6.41. The number of phosphoric acid groups is 1. The second kappa shape index (κ2) is 24.3. The van der Waals surface area contributed by atoms with Crippen molar-refractivity contribution >= 4 is 13.8 Å². The lowest BCUT2D eigenvalue weighted by atomic mass is 10.0. The number of nitrogens with zero attached hydrogens (tertiary/aromatic N) is 1. The van der Waals surface area contributed by atoms with Crippen molar-refractivity contribution in [2.24, 2.45) is 0 Å². The van der Waals surface area contributed by atoms with Crippen LogP contribution in [0.15, 0.2) is 0 Å². The Morgan fingerprint density at radius 1 is 0.711 bits per heavy atom. The molecular formula is C29H60NO7P. The van der Waals surface area contributed by atoms with Gasteiger partial charge in [0.15, 0.2) is 0 Å². The third kappa shape index (κ3) is 27.1. The van der Waals surface area contributed by atoms with Gasteiger partial charge >= 0.3 is 5.97 Å². The fourth-order valence-electron chi connectivity index (χ4n) is 3.96. The third-order valence-corrected chi connectivity index (χ3v) is 7.37. The molecule has 2 unspecified atom stereocenters. The van der Waals surface area contributed by atoms with Crippen molar-refractivity contribution in [2.75, 3.05) is 54.1 Å². The molecule has 0 saturated heterocycles. The number of quaternary nitrogens is 1. The minimum atomic E-state index is -4.48. The number of hydrogen-bond donors (Lipinski definition) is 0. The van der Waals surface area contributed by atoms with E-state index >= 15 is 0 Å². The molecule has 0 aliphatic carbocycles. The van der Waals surface area contributed by atoms with Gasteiger partial charge in [-0.3, -0.25) is 9.36 Å². The zero-order valence-electron chi connectivity index (χ0n) is 25.4. The van der Waals surface area contributed by atoms with Gasteiger partial charge < -0.3 is 27.9 Å². The van der Waals surface area contributed by atoms with Crippen molar-refractivity contribution in [3.63, 3.8) is 0 Å². The minimum Gasteiger partial charge on any atom is -0.756 e. The first-order valence-corrected chi connectivity index (χ1v) is 16.7. The van der Waals surface area contributed by atoms with Crippen LogP contribution in [0, 0.1) is 0 Å². The molecule has 0 aliphatic heterocycles. The van der Waals surface area contributed by atoms with Crippen molar-refractivity contribution in [1.29, 1.82) is 0 Å². The Hall–Kier alpha value is -0.500. The zero-order valence-corrected chi connectivity index (χ0v) is 26.3. The molecule has 0 aliphatic rings. The summed E-state index contributed by atoms with van der Waals surface area (Å²) in [7, 11) is 1.36. The Labute approximate surface area is 234 Å². The molecule has 0 heterocycles. The summed E-state index contributed by atoms with van der Waals surface area (Å²) >= 11 is 0. The van der Waals surface area contributed by atoms with Crippen LogP contribution in [0.3, 0.4) is 0 Å². The molecule has 0 fully saturated rings. The molecule has 0 bridgehead atoms. The van der Waals surface area contributed by atoms with Gasteiger partial charge in [0.2, 0.25) is 0 Å². The second-order valence-electron chi connectivity index (χ2n) is 11.5. The van der Waals surface area contributed by atoms with Crippen molar-refractivity contribution in [3.8, 4) is 0 Å². The molecule has 0 aromatic carbocycles. The van der Waals surface area contributed by atoms with Gasteiger partial charge in [0, 0.05) is 13.0 Å². The van der Waals surface area contributed by atoms with Crippen LogP contribution in [0.4, 0.5) is 0 Å². The van der Waals surface area contributed by atoms with Crippen LogP contribution in [0.2, 0.25) is 0 Å². The molecule has 0 radical (unpaired) electrons. The Balaban J connectivity index is 4.13. The summed E-state index contributed by atoms with van der Waals surface area (Å²) in [5.74, 6) is -0.358. The van der Waals surface area contributed by atoms with Gasteiger partial charge in [-0.15, -0.1) is 0 Å². The summed E-state index contributed by atoms with van der Waals surface area (Å²) < 4.78 is 33.9. The van der Waals surface area contributed by atoms with Gasteiger partial charge in [-0.2, -0.15) is 0 Å². The summed E-state index contributed by atoms with van der Waals surface area (Å²) in [6.07, 6.45) is 18.9. The molecule has 0 aromatic rings. The van der Waals surface area contributed by atoms with E-state index in [2.05, 4.69) is 13.8 Å². The molecule has 0 rings (SSSR count). The predicted molar refractivity (Wildman–Crippen MR) is 153 cm³/mol. The Kier molecular flexibility index (Phi) is 24.0. The van der Waals surface area contributed by atoms with Crippen LogP contribution in [0.5, 0.6) is 0 Å². The number of esters is 1. The highest BCUT2D eigenvalue weighted by Crippen LogP contribution is 2.38. The maximum absolute atomic E-state index is 12.2. The molecular weight excluding hydrogens is 505 g/mol. The first-order chi connectivity index (χ1) is 18.1. The highest BCUT2D eigenvalue weighted by atomic mass is 31.2. The van der Waals surface area contributed by atoms with Crippen LogP contribution >= 0.6 is 7.82 Å². The van der Waals surface area contributed by atoms with Gasteiger partial charge in [0.1, 0.15) is 19.3 Å². The van der Waals surface area contributed by atoms with E-state index in [0.29, 0.717) is 24.1 Å². The fourth-order valence-corrected chi connectivity index (χ4v) is 4.68. The molecule has 2 atom stereocenters. The summed E-state index contributed by atoms with van der Waals surface area (Å²) in [5.41, 5.74) is 0. The van der Waals surface area contributed by atoms with Crippen molar-refractivity contribution < 1.29 is 37.3 Å². The number of unbranched alkanes of at least 4 members (excludes halogenated alkanes) is 14. The van der Waals surface area contributed by atoms with E-state index in [0.717, 1.165) is 32.1 Å². The Bertz CT molecular complexity index is 598. The van der Waals surface area contributed by atoms with Crippen LogP contribution in [-0.2, 0) is 27.9 Å². The number of rotatable bonds is 28. The highest BCUT2D eigenvalue weighted by Gasteiger charge is 2.20. The van der Waals surface area contributed by atoms with Crippen LogP contribution in [0.1, 0.15) is 123 Å². The lowest BCUT2D eigenvalue weighted by Crippen LogP contribution is -2.37. The normalized spacial score (nSPS) is 14.4. The van der Waals surface area contributed by atoms with Gasteiger partial charge in [-0.1, -0.05) is 104 Å². The molecule has 9 heteroatoms. The second-order valence-corrected chi connectivity index (χ2v) is 12.9. The van der Waals surface area contributed by atoms with Crippen molar-refractivity contribution in [2.45, 2.75) is 129 Å². The lowest BCUT2D eigenvalue weighted by molar-refractivity contribution is -0.870. The van der Waals surface area contributed by atoms with E-state index < -0.39 is 13.9 Å². The predicted octanol–water partition coefficient (Wildman–Crippen LogP) is 6.79. The van der Waals surface area contributed by atoms with E-state index in [1.807, 2.05) is 21.1 Å². The largest absolute Gasteiger partial charge is 0.756 e. The maximum Gasteiger partial charge on any atom is 0.306 e. The van der Waals surface area contributed by atoms with E-state index in [1.54, 1.807) is 0 Å². The first kappa shape index (κ1) is 37.5. The summed E-state index contributed by atoms with van der Waals surface area (Å²) in [4.78, 5) is 24.3. The quantitative estimate of drug-likeness (QED) is 0.0446. The summed E-state index contributed by atoms with van der Waals surface area (Å²) in [5, 5.41) is 0.